The van der Waals surface area contributed by atoms with E-state index in [0.717, 1.165) is 11.3 Å². The Labute approximate surface area is 153 Å². The fourth-order valence-corrected chi connectivity index (χ4v) is 2.26. The smallest absolute Gasteiger partial charge is 0.331 e. The van der Waals surface area contributed by atoms with Crippen molar-refractivity contribution in [3.63, 3.8) is 0 Å². The van der Waals surface area contributed by atoms with Gasteiger partial charge in [-0.2, -0.15) is 0 Å². The lowest BCUT2D eigenvalue weighted by atomic mass is 10.1. The number of hydrogen-bond acceptors (Lipinski definition) is 5. The van der Waals surface area contributed by atoms with Crippen LogP contribution >= 0.6 is 0 Å². The van der Waals surface area contributed by atoms with Crippen molar-refractivity contribution in [2.24, 2.45) is 0 Å². The molecule has 0 N–H and O–H groups in total. The lowest BCUT2D eigenvalue weighted by Gasteiger charge is -2.11. The average Bonchev–Trinajstić information content (AvgIpc) is 2.67. The molecule has 0 aromatic heterocycles. The van der Waals surface area contributed by atoms with E-state index in [9.17, 15) is 9.59 Å². The Morgan fingerprint density at radius 1 is 1.00 bits per heavy atom. The van der Waals surface area contributed by atoms with Gasteiger partial charge in [-0.05, 0) is 61.9 Å². The van der Waals surface area contributed by atoms with Crippen LogP contribution in [0.4, 0.5) is 0 Å². The van der Waals surface area contributed by atoms with Gasteiger partial charge >= 0.3 is 5.97 Å². The molecule has 0 aliphatic heterocycles. The number of ether oxygens (including phenoxy) is 3. The second-order valence-corrected chi connectivity index (χ2v) is 5.51. The normalized spacial score (nSPS) is 11.8. The van der Waals surface area contributed by atoms with Crippen LogP contribution in [0.1, 0.15) is 29.8 Å². The van der Waals surface area contributed by atoms with Gasteiger partial charge in [0.25, 0.3) is 0 Å². The van der Waals surface area contributed by atoms with Crippen molar-refractivity contribution in [2.75, 3.05) is 13.7 Å². The van der Waals surface area contributed by atoms with Crippen LogP contribution in [0.2, 0.25) is 0 Å². The first-order chi connectivity index (χ1) is 12.5. The molecule has 2 rings (SSSR count). The molecular weight excluding hydrogens is 332 g/mol. The highest BCUT2D eigenvalue weighted by Gasteiger charge is 2.18. The second kappa shape index (κ2) is 9.42. The minimum atomic E-state index is -0.874. The number of esters is 1. The third-order valence-corrected chi connectivity index (χ3v) is 3.64. The Kier molecular flexibility index (Phi) is 6.97. The van der Waals surface area contributed by atoms with Gasteiger partial charge in [0.1, 0.15) is 11.5 Å². The highest BCUT2D eigenvalue weighted by atomic mass is 16.5. The molecule has 0 amide bonds. The van der Waals surface area contributed by atoms with Crippen LogP contribution in [0.3, 0.4) is 0 Å². The van der Waals surface area contributed by atoms with E-state index in [-0.39, 0.29) is 5.78 Å². The first-order valence-corrected chi connectivity index (χ1v) is 8.33. The van der Waals surface area contributed by atoms with Crippen molar-refractivity contribution in [3.05, 3.63) is 65.7 Å². The Balaban J connectivity index is 1.91. The number of methoxy groups -OCH3 is 1. The molecule has 0 heterocycles. The fourth-order valence-electron chi connectivity index (χ4n) is 2.26. The number of benzene rings is 2. The molecule has 0 unspecified atom stereocenters. The number of rotatable bonds is 8. The Hall–Kier alpha value is -3.08. The molecule has 0 saturated heterocycles. The van der Waals surface area contributed by atoms with Gasteiger partial charge in [-0.25, -0.2) is 4.79 Å². The van der Waals surface area contributed by atoms with Gasteiger partial charge in [-0.3, -0.25) is 4.79 Å². The van der Waals surface area contributed by atoms with Crippen LogP contribution in [0.5, 0.6) is 11.5 Å². The number of carbonyl (C=O) groups is 2. The Morgan fingerprint density at radius 3 is 2.19 bits per heavy atom. The van der Waals surface area contributed by atoms with Gasteiger partial charge < -0.3 is 14.2 Å². The lowest BCUT2D eigenvalue weighted by molar-refractivity contribution is -0.140. The van der Waals surface area contributed by atoms with Crippen molar-refractivity contribution in [2.45, 2.75) is 20.0 Å². The molecule has 2 aromatic rings. The summed E-state index contributed by atoms with van der Waals surface area (Å²) in [4.78, 5) is 24.2. The summed E-state index contributed by atoms with van der Waals surface area (Å²) < 4.78 is 15.6. The van der Waals surface area contributed by atoms with E-state index in [4.69, 9.17) is 14.2 Å². The Bertz CT molecular complexity index is 760. The third-order valence-electron chi connectivity index (χ3n) is 3.64. The number of carbonyl (C=O) groups excluding carboxylic acids is 2. The van der Waals surface area contributed by atoms with Crippen molar-refractivity contribution in [3.8, 4) is 11.5 Å². The highest BCUT2D eigenvalue weighted by molar-refractivity contribution is 6.01. The summed E-state index contributed by atoms with van der Waals surface area (Å²) in [6, 6.07) is 14.0. The van der Waals surface area contributed by atoms with E-state index in [0.29, 0.717) is 17.9 Å². The van der Waals surface area contributed by atoms with Gasteiger partial charge in [0.15, 0.2) is 6.10 Å². The highest BCUT2D eigenvalue weighted by Crippen LogP contribution is 2.15. The van der Waals surface area contributed by atoms with Gasteiger partial charge in [0.2, 0.25) is 5.78 Å². The number of Topliss-reactive ketones (excluding diaryl/α,β-unsaturated/α-hetero) is 1. The van der Waals surface area contributed by atoms with Crippen LogP contribution in [-0.2, 0) is 9.53 Å². The molecule has 5 heteroatoms. The first-order valence-electron chi connectivity index (χ1n) is 8.33. The minimum absolute atomic E-state index is 0.268. The maximum absolute atomic E-state index is 12.3. The average molecular weight is 354 g/mol. The van der Waals surface area contributed by atoms with Crippen molar-refractivity contribution < 1.29 is 23.8 Å². The minimum Gasteiger partial charge on any atom is -0.497 e. The molecule has 0 bridgehead atoms. The van der Waals surface area contributed by atoms with Crippen LogP contribution in [-0.4, -0.2) is 31.6 Å². The second-order valence-electron chi connectivity index (χ2n) is 5.51. The predicted molar refractivity (Wildman–Crippen MR) is 99.5 cm³/mol. The topological polar surface area (TPSA) is 61.8 Å². The van der Waals surface area contributed by atoms with Gasteiger partial charge in [0, 0.05) is 11.6 Å². The van der Waals surface area contributed by atoms with Crippen LogP contribution in [0, 0.1) is 0 Å². The molecule has 0 fully saturated rings. The van der Waals surface area contributed by atoms with Crippen molar-refractivity contribution in [1.82, 2.24) is 0 Å². The molecule has 1 atom stereocenters. The van der Waals surface area contributed by atoms with E-state index < -0.39 is 12.1 Å². The van der Waals surface area contributed by atoms with Crippen LogP contribution in [0.15, 0.2) is 54.6 Å². The van der Waals surface area contributed by atoms with Crippen molar-refractivity contribution in [1.29, 1.82) is 0 Å². The third kappa shape index (κ3) is 5.48. The zero-order valence-corrected chi connectivity index (χ0v) is 15.1. The van der Waals surface area contributed by atoms with Gasteiger partial charge in [-0.1, -0.05) is 12.1 Å². The number of ketones is 1. The Morgan fingerprint density at radius 2 is 1.62 bits per heavy atom. The predicted octanol–water partition coefficient (Wildman–Crippen LogP) is 3.92. The lowest BCUT2D eigenvalue weighted by Crippen LogP contribution is -2.23. The first kappa shape index (κ1) is 19.2. The molecule has 2 aromatic carbocycles. The molecule has 26 heavy (non-hydrogen) atoms. The molecule has 136 valence electrons. The summed E-state index contributed by atoms with van der Waals surface area (Å²) in [5, 5.41) is 0. The van der Waals surface area contributed by atoms with Crippen molar-refractivity contribution >= 4 is 17.8 Å². The van der Waals surface area contributed by atoms with E-state index in [1.54, 1.807) is 44.4 Å². The van der Waals surface area contributed by atoms with E-state index in [2.05, 4.69) is 0 Å². The summed E-state index contributed by atoms with van der Waals surface area (Å²) >= 11 is 0. The van der Waals surface area contributed by atoms with E-state index in [1.807, 2.05) is 31.2 Å². The largest absolute Gasteiger partial charge is 0.497 e. The fraction of sp³-hybridized carbons (Fsp3) is 0.238. The summed E-state index contributed by atoms with van der Waals surface area (Å²) in [6.45, 7) is 4.06. The molecule has 0 spiro atoms. The van der Waals surface area contributed by atoms with Crippen LogP contribution in [0.25, 0.3) is 6.08 Å². The molecule has 0 aliphatic carbocycles. The molecule has 0 aliphatic rings. The zero-order chi connectivity index (χ0) is 18.9. The summed E-state index contributed by atoms with van der Waals surface area (Å²) in [6.07, 6.45) is 2.05. The quantitative estimate of drug-likeness (QED) is 0.408. The van der Waals surface area contributed by atoms with E-state index in [1.165, 1.54) is 6.08 Å². The molecular formula is C21H22O5. The van der Waals surface area contributed by atoms with E-state index >= 15 is 0 Å². The summed E-state index contributed by atoms with van der Waals surface area (Å²) in [5.41, 5.74) is 1.29. The summed E-state index contributed by atoms with van der Waals surface area (Å²) in [7, 11) is 1.55. The van der Waals surface area contributed by atoms with Crippen LogP contribution < -0.4 is 9.47 Å². The van der Waals surface area contributed by atoms with Gasteiger partial charge in [-0.15, -0.1) is 0 Å². The molecule has 5 nitrogen and oxygen atoms in total. The number of hydrogen-bond donors (Lipinski definition) is 0. The monoisotopic (exact) mass is 354 g/mol. The standard InChI is InChI=1S/C21H22O5/c1-4-25-19-10-5-16(6-11-19)7-14-20(22)26-15(2)21(23)17-8-12-18(24-3)13-9-17/h5-15H,4H2,1-3H3/b14-7+/t15-/m1/s1. The summed E-state index contributed by atoms with van der Waals surface area (Å²) in [5.74, 6) is 0.583. The maximum atomic E-state index is 12.3. The maximum Gasteiger partial charge on any atom is 0.331 e. The molecule has 0 radical (unpaired) electrons. The zero-order valence-electron chi connectivity index (χ0n) is 15.1. The SMILES string of the molecule is CCOc1ccc(/C=C/C(=O)O[C@H](C)C(=O)c2ccc(OC)cc2)cc1. The molecule has 0 saturated carbocycles. The van der Waals surface area contributed by atoms with Gasteiger partial charge in [0.05, 0.1) is 13.7 Å².